The molecule has 1 heterocycles. The lowest BCUT2D eigenvalue weighted by Gasteiger charge is -2.13. The maximum absolute atomic E-state index is 10.5. The number of nitrogens with zero attached hydrogens (tertiary/aromatic N) is 1. The molecule has 1 N–H and O–H groups in total. The quantitative estimate of drug-likeness (QED) is 0.601. The number of aliphatic imine (C=N–C) groups is 1. The van der Waals surface area contributed by atoms with E-state index in [1.165, 1.54) is 7.11 Å². The average molecular weight is 165 g/mol. The number of allylic oxidation sites excluding steroid dienone is 1. The van der Waals surface area contributed by atoms with E-state index in [-0.39, 0.29) is 23.8 Å². The molecule has 12 heavy (non-hydrogen) atoms. The summed E-state index contributed by atoms with van der Waals surface area (Å²) in [7, 11) is 6.95. The maximum atomic E-state index is 10.5. The van der Waals surface area contributed by atoms with Gasteiger partial charge in [0, 0.05) is 0 Å². The number of carboxylic acids is 1. The second-order valence-electron chi connectivity index (χ2n) is 2.44. The number of carbonyl (C=O) groups is 1. The number of hydrogen-bond donors (Lipinski definition) is 1. The van der Waals surface area contributed by atoms with Gasteiger partial charge in [0.1, 0.15) is 5.71 Å². The van der Waals surface area contributed by atoms with Gasteiger partial charge in [-0.15, -0.1) is 0 Å². The highest BCUT2D eigenvalue weighted by molar-refractivity contribution is 6.37. The lowest BCUT2D eigenvalue weighted by molar-refractivity contribution is -0.129. The summed E-state index contributed by atoms with van der Waals surface area (Å²) in [5.41, 5.74) is 0.0434. The van der Waals surface area contributed by atoms with E-state index >= 15 is 0 Å². The topological polar surface area (TPSA) is 58.9 Å². The highest BCUT2D eigenvalue weighted by atomic mass is 16.5. The Morgan fingerprint density at radius 2 is 2.58 bits per heavy atom. The molecular weight excluding hydrogens is 157 g/mol. The van der Waals surface area contributed by atoms with Gasteiger partial charge >= 0.3 is 5.97 Å². The zero-order valence-corrected chi connectivity index (χ0v) is 6.65. The van der Waals surface area contributed by atoms with E-state index in [2.05, 4.69) is 4.99 Å². The number of aliphatic carboxylic acids is 1. The third kappa shape index (κ3) is 1.87. The summed E-state index contributed by atoms with van der Waals surface area (Å²) in [4.78, 5) is 14.2. The van der Waals surface area contributed by atoms with E-state index in [1.54, 1.807) is 6.08 Å². The highest BCUT2D eigenvalue weighted by Crippen LogP contribution is 2.19. The third-order valence-electron chi connectivity index (χ3n) is 1.49. The van der Waals surface area contributed by atoms with Crippen LogP contribution in [0.1, 0.15) is 6.42 Å². The molecule has 0 saturated carbocycles. The molecule has 0 amide bonds. The van der Waals surface area contributed by atoms with Gasteiger partial charge in [0.25, 0.3) is 0 Å². The molecule has 1 aliphatic rings. The van der Waals surface area contributed by atoms with Crippen molar-refractivity contribution in [1.29, 1.82) is 0 Å². The zero-order chi connectivity index (χ0) is 9.14. The summed E-state index contributed by atoms with van der Waals surface area (Å²) >= 11 is 0. The standard InChI is InChI=1S/C7H8BNO3/c1-12-6-3-4(8)2-5(9-6)7(10)11/h3-4H,2H2,1H3,(H,10,11). The summed E-state index contributed by atoms with van der Waals surface area (Å²) in [6, 6.07) is 0. The van der Waals surface area contributed by atoms with E-state index < -0.39 is 5.97 Å². The Kier molecular flexibility index (Phi) is 2.52. The molecule has 0 saturated heterocycles. The van der Waals surface area contributed by atoms with Gasteiger partial charge in [-0.05, 0) is 18.3 Å². The molecular formula is C7H8BNO3. The van der Waals surface area contributed by atoms with Crippen LogP contribution in [0, 0.1) is 0 Å². The van der Waals surface area contributed by atoms with Gasteiger partial charge in [0.05, 0.1) is 15.0 Å². The molecule has 0 bridgehead atoms. The fraction of sp³-hybridized carbons (Fsp3) is 0.429. The van der Waals surface area contributed by atoms with Crippen molar-refractivity contribution in [2.45, 2.75) is 12.2 Å². The predicted molar refractivity (Wildman–Crippen MR) is 44.3 cm³/mol. The third-order valence-corrected chi connectivity index (χ3v) is 1.49. The molecule has 1 aliphatic heterocycles. The number of carboxylic acid groups (broad SMARTS) is 1. The zero-order valence-electron chi connectivity index (χ0n) is 6.65. The Bertz CT molecular complexity index is 259. The molecule has 1 atom stereocenters. The van der Waals surface area contributed by atoms with Gasteiger partial charge in [-0.25, -0.2) is 9.79 Å². The van der Waals surface area contributed by atoms with Crippen molar-refractivity contribution in [3.63, 3.8) is 0 Å². The van der Waals surface area contributed by atoms with Crippen LogP contribution < -0.4 is 0 Å². The minimum absolute atomic E-state index is 0.0434. The summed E-state index contributed by atoms with van der Waals surface area (Å²) in [5.74, 6) is -1.09. The van der Waals surface area contributed by atoms with Crippen LogP contribution in [0.4, 0.5) is 0 Å². The van der Waals surface area contributed by atoms with E-state index in [0.717, 1.165) is 0 Å². The molecule has 1 rings (SSSR count). The van der Waals surface area contributed by atoms with Crippen LogP contribution in [0.25, 0.3) is 0 Å². The average Bonchev–Trinajstić information content (AvgIpc) is 2.03. The second-order valence-corrected chi connectivity index (χ2v) is 2.44. The van der Waals surface area contributed by atoms with Crippen LogP contribution in [-0.4, -0.2) is 31.7 Å². The number of methoxy groups -OCH3 is 1. The van der Waals surface area contributed by atoms with Crippen molar-refractivity contribution >= 4 is 19.5 Å². The molecule has 0 spiro atoms. The summed E-state index contributed by atoms with van der Waals surface area (Å²) in [6.45, 7) is 0. The second kappa shape index (κ2) is 3.43. The van der Waals surface area contributed by atoms with Crippen LogP contribution in [-0.2, 0) is 9.53 Å². The molecule has 1 unspecified atom stereocenters. The molecule has 4 nitrogen and oxygen atoms in total. The number of ether oxygens (including phenoxy) is 1. The fourth-order valence-electron chi connectivity index (χ4n) is 0.930. The monoisotopic (exact) mass is 165 g/mol. The first kappa shape index (κ1) is 8.84. The van der Waals surface area contributed by atoms with Crippen LogP contribution in [0.2, 0.25) is 5.82 Å². The molecule has 0 aliphatic carbocycles. The molecule has 2 radical (unpaired) electrons. The van der Waals surface area contributed by atoms with Crippen molar-refractivity contribution in [2.75, 3.05) is 7.11 Å². The van der Waals surface area contributed by atoms with Gasteiger partial charge in [0.15, 0.2) is 0 Å². The van der Waals surface area contributed by atoms with Gasteiger partial charge < -0.3 is 9.84 Å². The predicted octanol–water partition coefficient (Wildman–Crippen LogP) is 0.360. The summed E-state index contributed by atoms with van der Waals surface area (Å²) in [5, 5.41) is 8.60. The van der Waals surface area contributed by atoms with Gasteiger partial charge in [-0.1, -0.05) is 0 Å². The molecule has 0 aromatic carbocycles. The Hall–Kier alpha value is -1.26. The van der Waals surface area contributed by atoms with E-state index in [9.17, 15) is 4.79 Å². The van der Waals surface area contributed by atoms with E-state index in [4.69, 9.17) is 17.7 Å². The van der Waals surface area contributed by atoms with Gasteiger partial charge in [-0.2, -0.15) is 0 Å². The molecule has 0 aromatic rings. The first-order chi connectivity index (χ1) is 5.63. The SMILES string of the molecule is [B]C1C=C(OC)N=C(C(=O)O)C1. The lowest BCUT2D eigenvalue weighted by atomic mass is 9.81. The normalized spacial score (nSPS) is 22.6. The Morgan fingerprint density at radius 1 is 1.92 bits per heavy atom. The van der Waals surface area contributed by atoms with Gasteiger partial charge in [-0.3, -0.25) is 0 Å². The van der Waals surface area contributed by atoms with E-state index in [0.29, 0.717) is 0 Å². The van der Waals surface area contributed by atoms with Crippen molar-refractivity contribution in [2.24, 2.45) is 4.99 Å². The number of hydrogen-bond acceptors (Lipinski definition) is 3. The summed E-state index contributed by atoms with van der Waals surface area (Å²) < 4.78 is 4.77. The first-order valence-corrected chi connectivity index (χ1v) is 3.45. The Balaban J connectivity index is 2.85. The molecule has 0 aromatic heterocycles. The van der Waals surface area contributed by atoms with Crippen molar-refractivity contribution < 1.29 is 14.6 Å². The van der Waals surface area contributed by atoms with Crippen LogP contribution in [0.5, 0.6) is 0 Å². The van der Waals surface area contributed by atoms with Crippen LogP contribution in [0.15, 0.2) is 17.0 Å². The van der Waals surface area contributed by atoms with Crippen molar-refractivity contribution in [3.8, 4) is 0 Å². The summed E-state index contributed by atoms with van der Waals surface area (Å²) in [6.07, 6.45) is 1.84. The maximum Gasteiger partial charge on any atom is 0.350 e. The lowest BCUT2D eigenvalue weighted by Crippen LogP contribution is -2.18. The van der Waals surface area contributed by atoms with Crippen LogP contribution in [0.3, 0.4) is 0 Å². The molecule has 0 fully saturated rings. The first-order valence-electron chi connectivity index (χ1n) is 3.45. The fourth-order valence-corrected chi connectivity index (χ4v) is 0.930. The molecule has 62 valence electrons. The minimum atomic E-state index is -1.05. The smallest absolute Gasteiger partial charge is 0.350 e. The Labute approximate surface area is 71.3 Å². The number of rotatable bonds is 2. The Morgan fingerprint density at radius 3 is 3.08 bits per heavy atom. The van der Waals surface area contributed by atoms with Crippen LogP contribution >= 0.6 is 0 Å². The molecule has 5 heteroatoms. The largest absolute Gasteiger partial charge is 0.481 e. The highest BCUT2D eigenvalue weighted by Gasteiger charge is 2.18. The van der Waals surface area contributed by atoms with Gasteiger partial charge in [0.2, 0.25) is 5.88 Å². The van der Waals surface area contributed by atoms with Crippen molar-refractivity contribution in [1.82, 2.24) is 0 Å². The van der Waals surface area contributed by atoms with Crippen molar-refractivity contribution in [3.05, 3.63) is 12.0 Å². The van der Waals surface area contributed by atoms with E-state index in [1.807, 2.05) is 0 Å². The minimum Gasteiger partial charge on any atom is -0.481 e.